The highest BCUT2D eigenvalue weighted by atomic mass is 32.2. The van der Waals surface area contributed by atoms with Crippen molar-refractivity contribution in [1.29, 1.82) is 0 Å². The van der Waals surface area contributed by atoms with Crippen LogP contribution in [-0.2, 0) is 4.79 Å². The van der Waals surface area contributed by atoms with E-state index >= 15 is 0 Å². The normalized spacial score (nSPS) is 18.2. The second-order valence-electron chi connectivity index (χ2n) is 5.66. The Morgan fingerprint density at radius 1 is 1.39 bits per heavy atom. The van der Waals surface area contributed by atoms with Gasteiger partial charge in [0.2, 0.25) is 5.91 Å². The smallest absolute Gasteiger partial charge is 0.233 e. The number of carbonyl (C=O) groups excluding carboxylic acids is 1. The molecule has 1 aromatic carbocycles. The number of para-hydroxylation sites is 1. The van der Waals surface area contributed by atoms with E-state index in [1.165, 1.54) is 30.6 Å². The van der Waals surface area contributed by atoms with Crippen molar-refractivity contribution < 1.29 is 9.18 Å². The van der Waals surface area contributed by atoms with Crippen LogP contribution in [0.2, 0.25) is 0 Å². The van der Waals surface area contributed by atoms with Crippen LogP contribution in [0.3, 0.4) is 0 Å². The molecule has 1 saturated heterocycles. The highest BCUT2D eigenvalue weighted by Crippen LogP contribution is 2.23. The van der Waals surface area contributed by atoms with Crippen molar-refractivity contribution in [2.24, 2.45) is 0 Å². The Balaban J connectivity index is 1.69. The van der Waals surface area contributed by atoms with Gasteiger partial charge >= 0.3 is 0 Å². The van der Waals surface area contributed by atoms with Gasteiger partial charge in [0.05, 0.1) is 11.4 Å². The first kappa shape index (κ1) is 16.0. The number of likely N-dealkylation sites (tertiary alicyclic amines) is 1. The summed E-state index contributed by atoms with van der Waals surface area (Å²) in [6.45, 7) is 2.91. The zero-order chi connectivity index (χ0) is 16.2. The molecular weight excluding hydrogens is 315 g/mol. The molecule has 0 saturated carbocycles. The fourth-order valence-corrected chi connectivity index (χ4v) is 3.62. The average molecular weight is 334 g/mol. The van der Waals surface area contributed by atoms with Crippen molar-refractivity contribution in [3.8, 4) is 5.69 Å². The minimum Gasteiger partial charge on any atom is -0.339 e. The van der Waals surface area contributed by atoms with Crippen molar-refractivity contribution in [2.45, 2.75) is 37.4 Å². The van der Waals surface area contributed by atoms with Crippen LogP contribution in [0.15, 0.2) is 35.7 Å². The van der Waals surface area contributed by atoms with Crippen LogP contribution in [0.4, 0.5) is 4.39 Å². The van der Waals surface area contributed by atoms with E-state index in [0.29, 0.717) is 16.9 Å². The van der Waals surface area contributed by atoms with Crippen LogP contribution in [0.25, 0.3) is 5.69 Å². The van der Waals surface area contributed by atoms with E-state index in [1.807, 2.05) is 4.90 Å². The minimum atomic E-state index is -0.342. The SMILES string of the molecule is CC1CCCCN1C(=O)CSc1nncn1-c1ccccc1F. The standard InChI is InChI=1S/C16H19FN4OS/c1-12-6-4-5-9-20(12)15(22)10-23-16-19-18-11-21(16)14-8-3-2-7-13(14)17/h2-3,7-8,11-12H,4-6,9-10H2,1H3. The summed E-state index contributed by atoms with van der Waals surface area (Å²) in [7, 11) is 0. The summed E-state index contributed by atoms with van der Waals surface area (Å²) in [6.07, 6.45) is 4.77. The monoisotopic (exact) mass is 334 g/mol. The quantitative estimate of drug-likeness (QED) is 0.807. The van der Waals surface area contributed by atoms with Gasteiger partial charge in [0.15, 0.2) is 5.16 Å². The van der Waals surface area contributed by atoms with Crippen molar-refractivity contribution in [3.63, 3.8) is 0 Å². The number of hydrogen-bond donors (Lipinski definition) is 0. The summed E-state index contributed by atoms with van der Waals surface area (Å²) in [5, 5.41) is 8.38. The summed E-state index contributed by atoms with van der Waals surface area (Å²) < 4.78 is 15.5. The van der Waals surface area contributed by atoms with E-state index < -0.39 is 0 Å². The Labute approximate surface area is 138 Å². The summed E-state index contributed by atoms with van der Waals surface area (Å²) in [6, 6.07) is 6.74. The average Bonchev–Trinajstić information content (AvgIpc) is 3.02. The molecule has 0 bridgehead atoms. The molecule has 1 aliphatic rings. The maximum Gasteiger partial charge on any atom is 0.233 e. The molecular formula is C16H19FN4OS. The van der Waals surface area contributed by atoms with Crippen LogP contribution >= 0.6 is 11.8 Å². The van der Waals surface area contributed by atoms with Gasteiger partial charge in [-0.3, -0.25) is 9.36 Å². The third kappa shape index (κ3) is 3.55. The van der Waals surface area contributed by atoms with Gasteiger partial charge in [-0.1, -0.05) is 23.9 Å². The van der Waals surface area contributed by atoms with Gasteiger partial charge in [0, 0.05) is 12.6 Å². The van der Waals surface area contributed by atoms with Crippen molar-refractivity contribution in [1.82, 2.24) is 19.7 Å². The van der Waals surface area contributed by atoms with Gasteiger partial charge in [-0.25, -0.2) is 4.39 Å². The van der Waals surface area contributed by atoms with E-state index in [4.69, 9.17) is 0 Å². The number of piperidine rings is 1. The van der Waals surface area contributed by atoms with E-state index in [1.54, 1.807) is 22.8 Å². The molecule has 1 atom stereocenters. The Kier molecular flexibility index (Phi) is 4.95. The molecule has 1 fully saturated rings. The molecule has 122 valence electrons. The van der Waals surface area contributed by atoms with Gasteiger partial charge in [-0.05, 0) is 38.3 Å². The fraction of sp³-hybridized carbons (Fsp3) is 0.438. The molecule has 0 spiro atoms. The fourth-order valence-electron chi connectivity index (χ4n) is 2.81. The van der Waals surface area contributed by atoms with E-state index in [9.17, 15) is 9.18 Å². The largest absolute Gasteiger partial charge is 0.339 e. The van der Waals surface area contributed by atoms with Crippen molar-refractivity contribution >= 4 is 17.7 Å². The van der Waals surface area contributed by atoms with Gasteiger partial charge in [-0.2, -0.15) is 0 Å². The lowest BCUT2D eigenvalue weighted by Crippen LogP contribution is -2.42. The highest BCUT2D eigenvalue weighted by Gasteiger charge is 2.23. The molecule has 2 aromatic rings. The third-order valence-electron chi connectivity index (χ3n) is 4.08. The maximum atomic E-state index is 13.9. The number of amides is 1. The number of halogens is 1. The van der Waals surface area contributed by atoms with Crippen LogP contribution < -0.4 is 0 Å². The Morgan fingerprint density at radius 3 is 3.00 bits per heavy atom. The number of benzene rings is 1. The molecule has 1 aliphatic heterocycles. The molecule has 3 rings (SSSR count). The number of nitrogens with zero attached hydrogens (tertiary/aromatic N) is 4. The Hall–Kier alpha value is -1.89. The number of aromatic nitrogens is 3. The lowest BCUT2D eigenvalue weighted by atomic mass is 10.0. The second-order valence-corrected chi connectivity index (χ2v) is 6.60. The number of carbonyl (C=O) groups is 1. The number of hydrogen-bond acceptors (Lipinski definition) is 4. The first-order valence-corrected chi connectivity index (χ1v) is 8.72. The molecule has 23 heavy (non-hydrogen) atoms. The van der Waals surface area contributed by atoms with Gasteiger partial charge < -0.3 is 4.90 Å². The summed E-state index contributed by atoms with van der Waals surface area (Å²) >= 11 is 1.29. The zero-order valence-corrected chi connectivity index (χ0v) is 13.8. The molecule has 0 N–H and O–H groups in total. The molecule has 1 amide bonds. The Morgan fingerprint density at radius 2 is 2.22 bits per heavy atom. The van der Waals surface area contributed by atoms with E-state index in [2.05, 4.69) is 17.1 Å². The molecule has 7 heteroatoms. The minimum absolute atomic E-state index is 0.102. The van der Waals surface area contributed by atoms with Gasteiger partial charge in [-0.15, -0.1) is 10.2 Å². The molecule has 1 aromatic heterocycles. The molecule has 1 unspecified atom stereocenters. The lowest BCUT2D eigenvalue weighted by molar-refractivity contribution is -0.131. The van der Waals surface area contributed by atoms with Crippen LogP contribution in [0.1, 0.15) is 26.2 Å². The van der Waals surface area contributed by atoms with Gasteiger partial charge in [0.25, 0.3) is 0 Å². The van der Waals surface area contributed by atoms with Gasteiger partial charge in [0.1, 0.15) is 12.1 Å². The predicted molar refractivity (Wildman–Crippen MR) is 87.1 cm³/mol. The summed E-state index contributed by atoms with van der Waals surface area (Å²) in [5.41, 5.74) is 0.388. The Bertz CT molecular complexity index is 690. The molecule has 2 heterocycles. The van der Waals surface area contributed by atoms with Crippen LogP contribution in [-0.4, -0.2) is 43.9 Å². The summed E-state index contributed by atoms with van der Waals surface area (Å²) in [4.78, 5) is 14.3. The first-order chi connectivity index (χ1) is 11.2. The molecule has 0 aliphatic carbocycles. The summed E-state index contributed by atoms with van der Waals surface area (Å²) in [5.74, 6) is 0.0488. The third-order valence-corrected chi connectivity index (χ3v) is 5.00. The van der Waals surface area contributed by atoms with Crippen LogP contribution in [0.5, 0.6) is 0 Å². The van der Waals surface area contributed by atoms with E-state index in [-0.39, 0.29) is 17.5 Å². The predicted octanol–water partition coefficient (Wildman–Crippen LogP) is 2.90. The number of thioether (sulfide) groups is 1. The molecule has 0 radical (unpaired) electrons. The van der Waals surface area contributed by atoms with Crippen molar-refractivity contribution in [3.05, 3.63) is 36.4 Å². The lowest BCUT2D eigenvalue weighted by Gasteiger charge is -2.33. The first-order valence-electron chi connectivity index (χ1n) is 7.74. The zero-order valence-electron chi connectivity index (χ0n) is 13.0. The topological polar surface area (TPSA) is 51.0 Å². The maximum absolute atomic E-state index is 13.9. The number of rotatable bonds is 4. The highest BCUT2D eigenvalue weighted by molar-refractivity contribution is 7.99. The van der Waals surface area contributed by atoms with Crippen molar-refractivity contribution in [2.75, 3.05) is 12.3 Å². The second kappa shape index (κ2) is 7.12. The van der Waals surface area contributed by atoms with E-state index in [0.717, 1.165) is 19.4 Å². The molecule has 5 nitrogen and oxygen atoms in total. The van der Waals surface area contributed by atoms with Crippen LogP contribution in [0, 0.1) is 5.82 Å².